The first-order valence-electron chi connectivity index (χ1n) is 12.2. The Kier molecular flexibility index (Phi) is 8.64. The molecule has 0 saturated heterocycles. The monoisotopic (exact) mass is 530 g/mol. The van der Waals surface area contributed by atoms with E-state index < -0.39 is 29.2 Å². The summed E-state index contributed by atoms with van der Waals surface area (Å²) < 4.78 is 32.5. The van der Waals surface area contributed by atoms with Crippen molar-refractivity contribution >= 4 is 23.4 Å². The second-order valence-corrected chi connectivity index (χ2v) is 10.7. The Morgan fingerprint density at radius 2 is 1.82 bits per heavy atom. The molecule has 2 amide bonds. The molecular formula is C26H35FN6O5. The average molecular weight is 531 g/mol. The summed E-state index contributed by atoms with van der Waals surface area (Å²) in [5.74, 6) is -0.577. The highest BCUT2D eigenvalue weighted by atomic mass is 19.1. The minimum atomic E-state index is -0.711. The number of fused-ring (bicyclic) bond motifs is 1. The number of nitrogens with one attached hydrogen (secondary N) is 1. The summed E-state index contributed by atoms with van der Waals surface area (Å²) in [6.45, 7) is 11.4. The maximum Gasteiger partial charge on any atom is 0.410 e. The molecule has 1 aromatic carbocycles. The van der Waals surface area contributed by atoms with E-state index in [2.05, 4.69) is 15.4 Å². The number of amides is 2. The van der Waals surface area contributed by atoms with E-state index in [0.717, 1.165) is 6.07 Å². The van der Waals surface area contributed by atoms with Crippen molar-refractivity contribution in [3.8, 4) is 11.6 Å². The van der Waals surface area contributed by atoms with Crippen molar-refractivity contribution in [1.29, 1.82) is 0 Å². The molecule has 206 valence electrons. The van der Waals surface area contributed by atoms with Crippen molar-refractivity contribution in [2.24, 2.45) is 0 Å². The number of hydrogen-bond acceptors (Lipinski definition) is 8. The zero-order valence-corrected chi connectivity index (χ0v) is 22.6. The summed E-state index contributed by atoms with van der Waals surface area (Å²) in [6, 6.07) is 5.86. The summed E-state index contributed by atoms with van der Waals surface area (Å²) in [7, 11) is 0. The molecule has 12 heteroatoms. The molecule has 3 rings (SSSR count). The second kappa shape index (κ2) is 11.5. The molecule has 2 aromatic heterocycles. The Morgan fingerprint density at radius 3 is 2.47 bits per heavy atom. The zero-order valence-electron chi connectivity index (χ0n) is 22.6. The van der Waals surface area contributed by atoms with Crippen LogP contribution in [0.3, 0.4) is 0 Å². The van der Waals surface area contributed by atoms with E-state index in [1.807, 2.05) is 0 Å². The topological polar surface area (TPSA) is 133 Å². The highest BCUT2D eigenvalue weighted by Crippen LogP contribution is 2.30. The summed E-state index contributed by atoms with van der Waals surface area (Å²) in [5, 5.41) is 6.88. The van der Waals surface area contributed by atoms with Gasteiger partial charge in [0.1, 0.15) is 23.0 Å². The maximum atomic E-state index is 14.4. The van der Waals surface area contributed by atoms with Gasteiger partial charge in [-0.1, -0.05) is 0 Å². The van der Waals surface area contributed by atoms with Crippen LogP contribution in [-0.2, 0) is 16.0 Å². The molecule has 0 saturated carbocycles. The summed E-state index contributed by atoms with van der Waals surface area (Å²) >= 11 is 0. The number of carbonyl (C=O) groups excluding carboxylic acids is 2. The standard InChI is InChI=1S/C26H35FN6O5/c1-25(2,3)37-23(34)29-11-7-12-32(24(35)38-26(4,5)6)15-17-10-13-33-21(17)22(30-16-31-33)36-20-9-8-18(28)14-19(20)27/h8-10,13-14,16H,7,11-12,15,28H2,1-6H3,(H,29,34). The number of carbonyl (C=O) groups is 2. The van der Waals surface area contributed by atoms with Crippen LogP contribution in [0.15, 0.2) is 36.8 Å². The fraction of sp³-hybridized carbons (Fsp3) is 0.462. The molecule has 0 radical (unpaired) electrons. The lowest BCUT2D eigenvalue weighted by atomic mass is 10.2. The van der Waals surface area contributed by atoms with Gasteiger partial charge in [-0.3, -0.25) is 0 Å². The van der Waals surface area contributed by atoms with Crippen molar-refractivity contribution in [3.63, 3.8) is 0 Å². The normalized spacial score (nSPS) is 11.8. The third-order valence-corrected chi connectivity index (χ3v) is 4.95. The quantitative estimate of drug-likeness (QED) is 0.310. The smallest absolute Gasteiger partial charge is 0.410 e. The molecule has 38 heavy (non-hydrogen) atoms. The number of anilines is 1. The van der Waals surface area contributed by atoms with E-state index >= 15 is 0 Å². The van der Waals surface area contributed by atoms with Crippen LogP contribution in [-0.4, -0.2) is 56.0 Å². The first-order chi connectivity index (χ1) is 17.7. The van der Waals surface area contributed by atoms with Crippen LogP contribution in [0, 0.1) is 5.82 Å². The van der Waals surface area contributed by atoms with Crippen molar-refractivity contribution in [1.82, 2.24) is 24.8 Å². The fourth-order valence-electron chi connectivity index (χ4n) is 3.44. The molecule has 0 fully saturated rings. The number of alkyl carbamates (subject to hydrolysis) is 1. The van der Waals surface area contributed by atoms with Crippen LogP contribution in [0.4, 0.5) is 19.7 Å². The minimum Gasteiger partial charge on any atom is -0.444 e. The van der Waals surface area contributed by atoms with Gasteiger partial charge in [0.05, 0.1) is 6.54 Å². The fourth-order valence-corrected chi connectivity index (χ4v) is 3.44. The lowest BCUT2D eigenvalue weighted by Gasteiger charge is -2.27. The Labute approximate surface area is 221 Å². The number of nitrogens with two attached hydrogens (primary N) is 1. The molecule has 0 atom stereocenters. The Morgan fingerprint density at radius 1 is 1.11 bits per heavy atom. The molecule has 3 N–H and O–H groups in total. The number of nitrogen functional groups attached to an aromatic ring is 1. The van der Waals surface area contributed by atoms with Crippen molar-refractivity contribution in [2.75, 3.05) is 18.8 Å². The van der Waals surface area contributed by atoms with E-state index in [0.29, 0.717) is 24.0 Å². The molecule has 0 aliphatic rings. The molecule has 0 bridgehead atoms. The van der Waals surface area contributed by atoms with Crippen LogP contribution in [0.5, 0.6) is 11.6 Å². The van der Waals surface area contributed by atoms with E-state index in [9.17, 15) is 14.0 Å². The second-order valence-electron chi connectivity index (χ2n) is 10.7. The first-order valence-corrected chi connectivity index (χ1v) is 12.2. The number of halogens is 1. The number of benzene rings is 1. The van der Waals surface area contributed by atoms with E-state index in [1.165, 1.54) is 27.9 Å². The van der Waals surface area contributed by atoms with Gasteiger partial charge >= 0.3 is 12.2 Å². The van der Waals surface area contributed by atoms with E-state index in [4.69, 9.17) is 19.9 Å². The van der Waals surface area contributed by atoms with Crippen LogP contribution < -0.4 is 15.8 Å². The molecule has 0 unspecified atom stereocenters. The average Bonchev–Trinajstić information content (AvgIpc) is 3.19. The van der Waals surface area contributed by atoms with Gasteiger partial charge in [0.25, 0.3) is 0 Å². The Hall–Kier alpha value is -4.09. The summed E-state index contributed by atoms with van der Waals surface area (Å²) in [6.07, 6.45) is 2.36. The molecule has 0 aliphatic heterocycles. The van der Waals surface area contributed by atoms with Crippen molar-refractivity contribution < 1.29 is 28.2 Å². The number of aromatic nitrogens is 3. The van der Waals surface area contributed by atoms with Crippen LogP contribution in [0.1, 0.15) is 53.5 Å². The predicted octanol–water partition coefficient (Wildman–Crippen LogP) is 4.89. The zero-order chi connectivity index (χ0) is 28.1. The van der Waals surface area contributed by atoms with Gasteiger partial charge in [0.2, 0.25) is 5.88 Å². The number of rotatable bonds is 8. The third kappa shape index (κ3) is 8.22. The largest absolute Gasteiger partial charge is 0.444 e. The van der Waals surface area contributed by atoms with E-state index in [-0.39, 0.29) is 30.4 Å². The molecule has 3 aromatic rings. The SMILES string of the molecule is CC(C)(C)OC(=O)NCCCN(Cc1ccn2ncnc(Oc3ccc(N)cc3F)c12)C(=O)OC(C)(C)C. The van der Waals surface area contributed by atoms with Crippen molar-refractivity contribution in [3.05, 3.63) is 48.2 Å². The van der Waals surface area contributed by atoms with Gasteiger partial charge in [-0.15, -0.1) is 0 Å². The molecule has 11 nitrogen and oxygen atoms in total. The van der Waals surface area contributed by atoms with Crippen LogP contribution >= 0.6 is 0 Å². The lowest BCUT2D eigenvalue weighted by molar-refractivity contribution is 0.0232. The van der Waals surface area contributed by atoms with Crippen LogP contribution in [0.2, 0.25) is 0 Å². The highest BCUT2D eigenvalue weighted by Gasteiger charge is 2.24. The molecule has 2 heterocycles. The molecular weight excluding hydrogens is 495 g/mol. The van der Waals surface area contributed by atoms with Gasteiger partial charge < -0.3 is 30.2 Å². The van der Waals surface area contributed by atoms with Gasteiger partial charge in [-0.2, -0.15) is 10.1 Å². The number of ether oxygens (including phenoxy) is 3. The Balaban J connectivity index is 1.80. The minimum absolute atomic E-state index is 0.0517. The molecule has 0 aliphatic carbocycles. The van der Waals surface area contributed by atoms with Crippen LogP contribution in [0.25, 0.3) is 5.52 Å². The van der Waals surface area contributed by atoms with Gasteiger partial charge in [0, 0.05) is 36.6 Å². The Bertz CT molecular complexity index is 1280. The summed E-state index contributed by atoms with van der Waals surface area (Å²) in [5.41, 5.74) is 5.69. The number of nitrogens with zero attached hydrogens (tertiary/aromatic N) is 4. The van der Waals surface area contributed by atoms with Gasteiger partial charge in [-0.05, 0) is 66.2 Å². The molecule has 0 spiro atoms. The first kappa shape index (κ1) is 28.5. The van der Waals surface area contributed by atoms with Gasteiger partial charge in [0.15, 0.2) is 11.6 Å². The van der Waals surface area contributed by atoms with E-state index in [1.54, 1.807) is 53.8 Å². The highest BCUT2D eigenvalue weighted by molar-refractivity contribution is 5.70. The maximum absolute atomic E-state index is 14.4. The summed E-state index contributed by atoms with van der Waals surface area (Å²) in [4.78, 5) is 30.7. The number of hydrogen-bond donors (Lipinski definition) is 2. The van der Waals surface area contributed by atoms with Gasteiger partial charge in [-0.25, -0.2) is 18.5 Å². The third-order valence-electron chi connectivity index (χ3n) is 4.95. The lowest BCUT2D eigenvalue weighted by Crippen LogP contribution is -2.38. The predicted molar refractivity (Wildman–Crippen MR) is 139 cm³/mol. The van der Waals surface area contributed by atoms with Crippen molar-refractivity contribution in [2.45, 2.75) is 65.7 Å².